The average molecular weight is 354 g/mol. The molecule has 0 aliphatic heterocycles. The monoisotopic (exact) mass is 354 g/mol. The van der Waals surface area contributed by atoms with Crippen molar-refractivity contribution < 1.29 is 8.81 Å². The van der Waals surface area contributed by atoms with Crippen molar-refractivity contribution in [3.63, 3.8) is 0 Å². The van der Waals surface area contributed by atoms with Crippen LogP contribution in [0.25, 0.3) is 22.6 Å². The van der Waals surface area contributed by atoms with Gasteiger partial charge in [-0.2, -0.15) is 0 Å². The number of oxazole rings is 1. The lowest BCUT2D eigenvalue weighted by Gasteiger charge is -1.98. The van der Waals surface area contributed by atoms with Gasteiger partial charge in [-0.3, -0.25) is 0 Å². The van der Waals surface area contributed by atoms with Crippen LogP contribution in [-0.2, 0) is 0 Å². The molecule has 0 amide bonds. The third-order valence-corrected chi connectivity index (χ3v) is 3.50. The quantitative estimate of drug-likeness (QED) is 0.534. The third-order valence-electron chi connectivity index (χ3n) is 2.61. The van der Waals surface area contributed by atoms with Gasteiger partial charge < -0.3 is 10.2 Å². The number of fused-ring (bicyclic) bond motifs is 1. The number of nitrogens with zero attached hydrogens (tertiary/aromatic N) is 1. The largest absolute Gasteiger partial charge is 0.436 e. The predicted molar refractivity (Wildman–Crippen MR) is 76.5 cm³/mol. The molecule has 90 valence electrons. The first kappa shape index (κ1) is 11.5. The van der Waals surface area contributed by atoms with Crippen LogP contribution < -0.4 is 5.73 Å². The predicted octanol–water partition coefficient (Wildman–Crippen LogP) is 3.82. The molecular formula is C13H8FIN2O. The highest BCUT2D eigenvalue weighted by Gasteiger charge is 2.13. The summed E-state index contributed by atoms with van der Waals surface area (Å²) >= 11 is 2.05. The van der Waals surface area contributed by atoms with Gasteiger partial charge in [-0.05, 0) is 52.9 Å². The van der Waals surface area contributed by atoms with Crippen molar-refractivity contribution in [1.29, 1.82) is 0 Å². The molecule has 1 heterocycles. The maximum absolute atomic E-state index is 13.1. The van der Waals surface area contributed by atoms with Gasteiger partial charge in [0.1, 0.15) is 11.3 Å². The number of para-hydroxylation sites is 1. The van der Waals surface area contributed by atoms with Gasteiger partial charge in [0.05, 0.1) is 11.3 Å². The summed E-state index contributed by atoms with van der Waals surface area (Å²) < 4.78 is 19.4. The number of nitrogens with two attached hydrogens (primary N) is 1. The van der Waals surface area contributed by atoms with Crippen molar-refractivity contribution in [2.45, 2.75) is 0 Å². The molecule has 3 aromatic rings. The number of halogens is 2. The Kier molecular flexibility index (Phi) is 2.70. The van der Waals surface area contributed by atoms with E-state index in [0.717, 1.165) is 9.13 Å². The van der Waals surface area contributed by atoms with Gasteiger partial charge >= 0.3 is 0 Å². The Labute approximate surface area is 116 Å². The molecular weight excluding hydrogens is 346 g/mol. The van der Waals surface area contributed by atoms with E-state index in [0.29, 0.717) is 22.7 Å². The number of benzene rings is 2. The van der Waals surface area contributed by atoms with Crippen LogP contribution in [0.5, 0.6) is 0 Å². The zero-order valence-electron chi connectivity index (χ0n) is 9.15. The third kappa shape index (κ3) is 1.84. The molecule has 0 atom stereocenters. The van der Waals surface area contributed by atoms with E-state index < -0.39 is 0 Å². The van der Waals surface area contributed by atoms with E-state index in [-0.39, 0.29) is 5.82 Å². The number of nitrogen functional groups attached to an aromatic ring is 1. The molecule has 3 nitrogen and oxygen atoms in total. The van der Waals surface area contributed by atoms with Gasteiger partial charge in [0, 0.05) is 3.57 Å². The van der Waals surface area contributed by atoms with Crippen molar-refractivity contribution in [3.05, 3.63) is 45.8 Å². The standard InChI is InChI=1S/C13H8FIN2O/c14-7-4-5-8(9(15)6-7)13-17-12-10(16)2-1-3-11(12)18-13/h1-6H,16H2. The molecule has 0 unspecified atom stereocenters. The molecule has 1 aromatic heterocycles. The lowest BCUT2D eigenvalue weighted by atomic mass is 10.2. The molecule has 2 aromatic carbocycles. The van der Waals surface area contributed by atoms with E-state index in [1.165, 1.54) is 12.1 Å². The van der Waals surface area contributed by atoms with E-state index in [1.54, 1.807) is 18.2 Å². The lowest BCUT2D eigenvalue weighted by molar-refractivity contribution is 0.615. The fraction of sp³-hybridized carbons (Fsp3) is 0. The summed E-state index contributed by atoms with van der Waals surface area (Å²) in [5.41, 5.74) is 8.41. The van der Waals surface area contributed by atoms with Crippen molar-refractivity contribution >= 4 is 39.4 Å². The average Bonchev–Trinajstić information content (AvgIpc) is 2.74. The summed E-state index contributed by atoms with van der Waals surface area (Å²) in [6.45, 7) is 0. The summed E-state index contributed by atoms with van der Waals surface area (Å²) in [6.07, 6.45) is 0. The first-order chi connectivity index (χ1) is 8.65. The Morgan fingerprint density at radius 1 is 1.22 bits per heavy atom. The van der Waals surface area contributed by atoms with Crippen molar-refractivity contribution in [3.8, 4) is 11.5 Å². The molecule has 0 bridgehead atoms. The second-order valence-corrected chi connectivity index (χ2v) is 5.00. The zero-order valence-corrected chi connectivity index (χ0v) is 11.3. The molecule has 0 fully saturated rings. The molecule has 0 saturated heterocycles. The molecule has 0 spiro atoms. The van der Waals surface area contributed by atoms with E-state index in [9.17, 15) is 4.39 Å². The maximum Gasteiger partial charge on any atom is 0.228 e. The number of aromatic nitrogens is 1. The fourth-order valence-corrected chi connectivity index (χ4v) is 2.46. The zero-order chi connectivity index (χ0) is 12.7. The van der Waals surface area contributed by atoms with Crippen LogP contribution in [0.1, 0.15) is 0 Å². The van der Waals surface area contributed by atoms with Crippen molar-refractivity contribution in [1.82, 2.24) is 4.98 Å². The minimum atomic E-state index is -0.279. The molecule has 5 heteroatoms. The Hall–Kier alpha value is -1.63. The van der Waals surface area contributed by atoms with Crippen LogP contribution in [0, 0.1) is 9.39 Å². The first-order valence-electron chi connectivity index (χ1n) is 5.25. The van der Waals surface area contributed by atoms with Gasteiger partial charge in [0.25, 0.3) is 0 Å². The summed E-state index contributed by atoms with van der Waals surface area (Å²) in [4.78, 5) is 4.35. The molecule has 0 aliphatic carbocycles. The van der Waals surface area contributed by atoms with Crippen LogP contribution in [-0.4, -0.2) is 4.98 Å². The fourth-order valence-electron chi connectivity index (χ4n) is 1.75. The van der Waals surface area contributed by atoms with E-state index >= 15 is 0 Å². The molecule has 0 radical (unpaired) electrons. The van der Waals surface area contributed by atoms with Gasteiger partial charge in [-0.1, -0.05) is 6.07 Å². The maximum atomic E-state index is 13.1. The van der Waals surface area contributed by atoms with Crippen LogP contribution in [0.15, 0.2) is 40.8 Å². The molecule has 2 N–H and O–H groups in total. The first-order valence-corrected chi connectivity index (χ1v) is 6.33. The van der Waals surface area contributed by atoms with Crippen LogP contribution in [0.3, 0.4) is 0 Å². The highest BCUT2D eigenvalue weighted by molar-refractivity contribution is 14.1. The number of rotatable bonds is 1. The lowest BCUT2D eigenvalue weighted by Crippen LogP contribution is -1.86. The Balaban J connectivity index is 2.23. The van der Waals surface area contributed by atoms with Gasteiger partial charge in [0.2, 0.25) is 5.89 Å². The van der Waals surface area contributed by atoms with Crippen LogP contribution in [0.4, 0.5) is 10.1 Å². The SMILES string of the molecule is Nc1cccc2oc(-c3ccc(F)cc3I)nc12. The molecule has 18 heavy (non-hydrogen) atoms. The second-order valence-electron chi connectivity index (χ2n) is 3.84. The highest BCUT2D eigenvalue weighted by atomic mass is 127. The minimum absolute atomic E-state index is 0.279. The number of anilines is 1. The van der Waals surface area contributed by atoms with E-state index in [1.807, 2.05) is 6.07 Å². The van der Waals surface area contributed by atoms with Crippen LogP contribution >= 0.6 is 22.6 Å². The Bertz CT molecular complexity index is 739. The highest BCUT2D eigenvalue weighted by Crippen LogP contribution is 2.30. The van der Waals surface area contributed by atoms with Crippen molar-refractivity contribution in [2.24, 2.45) is 0 Å². The van der Waals surface area contributed by atoms with Crippen molar-refractivity contribution in [2.75, 3.05) is 5.73 Å². The normalized spacial score (nSPS) is 11.0. The summed E-state index contributed by atoms with van der Waals surface area (Å²) in [7, 11) is 0. The topological polar surface area (TPSA) is 52.0 Å². The summed E-state index contributed by atoms with van der Waals surface area (Å²) in [5.74, 6) is 0.172. The Morgan fingerprint density at radius 2 is 2.06 bits per heavy atom. The number of hydrogen-bond acceptors (Lipinski definition) is 3. The Morgan fingerprint density at radius 3 is 2.78 bits per heavy atom. The van der Waals surface area contributed by atoms with Crippen LogP contribution in [0.2, 0.25) is 0 Å². The molecule has 0 saturated carbocycles. The van der Waals surface area contributed by atoms with E-state index in [2.05, 4.69) is 27.6 Å². The molecule has 3 rings (SSSR count). The van der Waals surface area contributed by atoms with E-state index in [4.69, 9.17) is 10.2 Å². The summed E-state index contributed by atoms with van der Waals surface area (Å²) in [5, 5.41) is 0. The van der Waals surface area contributed by atoms with Gasteiger partial charge in [0.15, 0.2) is 5.58 Å². The summed E-state index contributed by atoms with van der Waals surface area (Å²) in [6, 6.07) is 9.85. The second kappa shape index (κ2) is 4.24. The minimum Gasteiger partial charge on any atom is -0.436 e. The molecule has 0 aliphatic rings. The van der Waals surface area contributed by atoms with Gasteiger partial charge in [-0.15, -0.1) is 0 Å². The number of hydrogen-bond donors (Lipinski definition) is 1. The smallest absolute Gasteiger partial charge is 0.228 e. The van der Waals surface area contributed by atoms with Gasteiger partial charge in [-0.25, -0.2) is 9.37 Å².